The lowest BCUT2D eigenvalue weighted by atomic mass is 10.2. The summed E-state index contributed by atoms with van der Waals surface area (Å²) in [6.07, 6.45) is 0.673. The molecule has 0 aromatic heterocycles. The summed E-state index contributed by atoms with van der Waals surface area (Å²) in [4.78, 5) is -0.282. The van der Waals surface area contributed by atoms with E-state index in [0.29, 0.717) is 18.5 Å². The van der Waals surface area contributed by atoms with Gasteiger partial charge < -0.3 is 0 Å². The number of hydrogen-bond donors (Lipinski definition) is 1. The number of sulfonamides is 1. The molecule has 0 atom stereocenters. The Labute approximate surface area is 89.4 Å². The third-order valence-electron chi connectivity index (χ3n) is 1.99. The van der Waals surface area contributed by atoms with Gasteiger partial charge in [0.05, 0.1) is 0 Å². The van der Waals surface area contributed by atoms with E-state index in [1.54, 1.807) is 0 Å². The molecule has 0 saturated carbocycles. The predicted molar refractivity (Wildman–Crippen MR) is 56.6 cm³/mol. The Balaban J connectivity index is 3.10. The van der Waals surface area contributed by atoms with Crippen LogP contribution in [0, 0.1) is 12.7 Å². The van der Waals surface area contributed by atoms with Gasteiger partial charge in [0.25, 0.3) is 0 Å². The molecule has 0 aliphatic rings. The highest BCUT2D eigenvalue weighted by atomic mass is 32.2. The maximum absolute atomic E-state index is 13.5. The number of aryl methyl sites for hydroxylation is 1. The minimum Gasteiger partial charge on any atom is -0.211 e. The van der Waals surface area contributed by atoms with Crippen LogP contribution in [-0.2, 0) is 10.0 Å². The zero-order chi connectivity index (χ0) is 11.5. The molecule has 1 aromatic rings. The van der Waals surface area contributed by atoms with Crippen LogP contribution in [0.15, 0.2) is 23.1 Å². The van der Waals surface area contributed by atoms with E-state index in [1.807, 2.05) is 6.92 Å². The summed E-state index contributed by atoms with van der Waals surface area (Å²) >= 11 is 0. The molecule has 1 rings (SSSR count). The first-order valence-electron chi connectivity index (χ1n) is 4.74. The summed E-state index contributed by atoms with van der Waals surface area (Å²) < 4.78 is 39.1. The number of rotatable bonds is 4. The van der Waals surface area contributed by atoms with Crippen LogP contribution >= 0.6 is 0 Å². The second-order valence-electron chi connectivity index (χ2n) is 3.28. The van der Waals surface area contributed by atoms with Crippen LogP contribution in [0.1, 0.15) is 18.9 Å². The van der Waals surface area contributed by atoms with Gasteiger partial charge in [-0.1, -0.05) is 19.1 Å². The van der Waals surface area contributed by atoms with Crippen molar-refractivity contribution in [3.63, 3.8) is 0 Å². The van der Waals surface area contributed by atoms with E-state index in [0.717, 1.165) is 0 Å². The average Bonchev–Trinajstić information content (AvgIpc) is 2.19. The van der Waals surface area contributed by atoms with Crippen molar-refractivity contribution in [1.82, 2.24) is 4.72 Å². The molecule has 0 unspecified atom stereocenters. The Morgan fingerprint density at radius 2 is 2.07 bits per heavy atom. The van der Waals surface area contributed by atoms with Crippen molar-refractivity contribution < 1.29 is 12.8 Å². The fourth-order valence-corrected chi connectivity index (χ4v) is 2.43. The molecule has 0 amide bonds. The maximum Gasteiger partial charge on any atom is 0.243 e. The molecule has 0 saturated heterocycles. The van der Waals surface area contributed by atoms with Crippen molar-refractivity contribution in [2.24, 2.45) is 0 Å². The monoisotopic (exact) mass is 231 g/mol. The third kappa shape index (κ3) is 2.76. The zero-order valence-corrected chi connectivity index (χ0v) is 9.57. The Morgan fingerprint density at radius 3 is 2.67 bits per heavy atom. The van der Waals surface area contributed by atoms with Crippen LogP contribution in [-0.4, -0.2) is 15.0 Å². The molecule has 1 aromatic carbocycles. The summed E-state index contributed by atoms with van der Waals surface area (Å²) in [7, 11) is -3.70. The van der Waals surface area contributed by atoms with Gasteiger partial charge in [-0.2, -0.15) is 0 Å². The first-order chi connectivity index (χ1) is 6.99. The van der Waals surface area contributed by atoms with E-state index in [1.165, 1.54) is 25.1 Å². The van der Waals surface area contributed by atoms with Gasteiger partial charge in [0, 0.05) is 6.54 Å². The zero-order valence-electron chi connectivity index (χ0n) is 8.75. The number of halogens is 1. The topological polar surface area (TPSA) is 46.2 Å². The van der Waals surface area contributed by atoms with Crippen molar-refractivity contribution in [3.8, 4) is 0 Å². The quantitative estimate of drug-likeness (QED) is 0.859. The number of benzene rings is 1. The van der Waals surface area contributed by atoms with Crippen LogP contribution in [0.25, 0.3) is 0 Å². The van der Waals surface area contributed by atoms with Gasteiger partial charge in [-0.3, -0.25) is 0 Å². The van der Waals surface area contributed by atoms with Crippen molar-refractivity contribution in [1.29, 1.82) is 0 Å². The molecule has 15 heavy (non-hydrogen) atoms. The molecule has 84 valence electrons. The lowest BCUT2D eigenvalue weighted by Gasteiger charge is -2.07. The summed E-state index contributed by atoms with van der Waals surface area (Å²) in [5, 5.41) is 0. The SMILES string of the molecule is CCCNS(=O)(=O)c1cccc(C)c1F. The van der Waals surface area contributed by atoms with Crippen LogP contribution in [0.2, 0.25) is 0 Å². The van der Waals surface area contributed by atoms with Gasteiger partial charge in [0.15, 0.2) is 0 Å². The minimum atomic E-state index is -3.70. The van der Waals surface area contributed by atoms with E-state index in [9.17, 15) is 12.8 Å². The molecule has 0 bridgehead atoms. The molecular weight excluding hydrogens is 217 g/mol. The van der Waals surface area contributed by atoms with Gasteiger partial charge >= 0.3 is 0 Å². The third-order valence-corrected chi connectivity index (χ3v) is 3.47. The summed E-state index contributed by atoms with van der Waals surface area (Å²) in [6, 6.07) is 4.33. The highest BCUT2D eigenvalue weighted by Crippen LogP contribution is 2.16. The lowest BCUT2D eigenvalue weighted by molar-refractivity contribution is 0.552. The smallest absolute Gasteiger partial charge is 0.211 e. The largest absolute Gasteiger partial charge is 0.243 e. The molecule has 0 aliphatic carbocycles. The average molecular weight is 231 g/mol. The fraction of sp³-hybridized carbons (Fsp3) is 0.400. The predicted octanol–water partition coefficient (Wildman–Crippen LogP) is 1.82. The molecular formula is C10H14FNO2S. The van der Waals surface area contributed by atoms with Gasteiger partial charge in [-0.25, -0.2) is 17.5 Å². The second kappa shape index (κ2) is 4.72. The van der Waals surface area contributed by atoms with Crippen molar-refractivity contribution in [2.45, 2.75) is 25.2 Å². The molecule has 3 nitrogen and oxygen atoms in total. The first kappa shape index (κ1) is 12.1. The molecule has 1 N–H and O–H groups in total. The Morgan fingerprint density at radius 1 is 1.40 bits per heavy atom. The maximum atomic E-state index is 13.5. The van der Waals surface area contributed by atoms with E-state index < -0.39 is 15.8 Å². The Kier molecular flexibility index (Phi) is 3.82. The summed E-state index contributed by atoms with van der Waals surface area (Å²) in [5.41, 5.74) is 0.328. The molecule has 0 fully saturated rings. The number of hydrogen-bond acceptors (Lipinski definition) is 2. The molecule has 0 radical (unpaired) electrons. The highest BCUT2D eigenvalue weighted by Gasteiger charge is 2.18. The highest BCUT2D eigenvalue weighted by molar-refractivity contribution is 7.89. The van der Waals surface area contributed by atoms with E-state index in [2.05, 4.69) is 4.72 Å². The van der Waals surface area contributed by atoms with Gasteiger partial charge in [0.1, 0.15) is 10.7 Å². The van der Waals surface area contributed by atoms with Crippen LogP contribution in [0.3, 0.4) is 0 Å². The molecule has 5 heteroatoms. The lowest BCUT2D eigenvalue weighted by Crippen LogP contribution is -2.25. The summed E-state index contributed by atoms with van der Waals surface area (Å²) in [6.45, 7) is 3.69. The Hall–Kier alpha value is -0.940. The van der Waals surface area contributed by atoms with Crippen molar-refractivity contribution in [3.05, 3.63) is 29.6 Å². The van der Waals surface area contributed by atoms with Crippen molar-refractivity contribution >= 4 is 10.0 Å². The van der Waals surface area contributed by atoms with Crippen LogP contribution in [0.4, 0.5) is 4.39 Å². The standard InChI is InChI=1S/C10H14FNO2S/c1-3-7-12-15(13,14)9-6-4-5-8(2)10(9)11/h4-6,12H,3,7H2,1-2H3. The molecule has 0 heterocycles. The van der Waals surface area contributed by atoms with Crippen molar-refractivity contribution in [2.75, 3.05) is 6.54 Å². The summed E-state index contributed by atoms with van der Waals surface area (Å²) in [5.74, 6) is -0.680. The molecule has 0 spiro atoms. The van der Waals surface area contributed by atoms with Crippen LogP contribution in [0.5, 0.6) is 0 Å². The fourth-order valence-electron chi connectivity index (χ4n) is 1.14. The van der Waals surface area contributed by atoms with Crippen LogP contribution < -0.4 is 4.72 Å². The van der Waals surface area contributed by atoms with E-state index in [4.69, 9.17) is 0 Å². The van der Waals surface area contributed by atoms with Gasteiger partial charge in [-0.05, 0) is 25.0 Å². The molecule has 0 aliphatic heterocycles. The normalized spacial score (nSPS) is 11.7. The van der Waals surface area contributed by atoms with E-state index >= 15 is 0 Å². The van der Waals surface area contributed by atoms with Gasteiger partial charge in [0.2, 0.25) is 10.0 Å². The minimum absolute atomic E-state index is 0.282. The second-order valence-corrected chi connectivity index (χ2v) is 5.02. The number of nitrogens with one attached hydrogen (secondary N) is 1. The Bertz CT molecular complexity index is 443. The van der Waals surface area contributed by atoms with E-state index in [-0.39, 0.29) is 4.90 Å². The van der Waals surface area contributed by atoms with Gasteiger partial charge in [-0.15, -0.1) is 0 Å². The first-order valence-corrected chi connectivity index (χ1v) is 6.22.